The van der Waals surface area contributed by atoms with Crippen LogP contribution in [-0.2, 0) is 0 Å². The number of hydrogen-bond donors (Lipinski definition) is 1. The number of aromatic nitrogens is 5. The van der Waals surface area contributed by atoms with Crippen LogP contribution in [0.15, 0.2) is 54.9 Å². The molecule has 0 bridgehead atoms. The van der Waals surface area contributed by atoms with Crippen LogP contribution in [0.5, 0.6) is 0 Å². The van der Waals surface area contributed by atoms with E-state index in [4.69, 9.17) is 0 Å². The molecule has 0 atom stereocenters. The molecule has 4 rings (SSSR count). The molecule has 0 aliphatic heterocycles. The first-order chi connectivity index (χ1) is 13.7. The number of nitrogens with zero attached hydrogens (tertiary/aromatic N) is 6. The van der Waals surface area contributed by atoms with E-state index in [-0.39, 0.29) is 10.8 Å². The van der Waals surface area contributed by atoms with Gasteiger partial charge in [-0.25, -0.2) is 14.1 Å². The minimum absolute atomic E-state index is 0.0960. The van der Waals surface area contributed by atoms with Crippen molar-refractivity contribution in [2.75, 3.05) is 5.32 Å². The van der Waals surface area contributed by atoms with E-state index >= 15 is 0 Å². The Bertz CT molecular complexity index is 1200. The van der Waals surface area contributed by atoms with Gasteiger partial charge in [-0.15, -0.1) is 5.10 Å². The van der Waals surface area contributed by atoms with Gasteiger partial charge in [-0.1, -0.05) is 28.7 Å². The molecule has 0 saturated heterocycles. The Labute approximate surface area is 161 Å². The summed E-state index contributed by atoms with van der Waals surface area (Å²) in [7, 11) is 0. The van der Waals surface area contributed by atoms with Gasteiger partial charge in [0.2, 0.25) is 0 Å². The number of carbonyl (C=O) groups is 1. The number of nitrogens with one attached hydrogen (secondary N) is 1. The predicted molar refractivity (Wildman–Crippen MR) is 99.3 cm³/mol. The summed E-state index contributed by atoms with van der Waals surface area (Å²) in [6.45, 7) is 0. The second-order valence-electron chi connectivity index (χ2n) is 5.49. The van der Waals surface area contributed by atoms with E-state index in [1.165, 1.54) is 29.1 Å². The van der Waals surface area contributed by atoms with Crippen molar-refractivity contribution in [2.24, 2.45) is 0 Å². The zero-order valence-electron chi connectivity index (χ0n) is 14.1. The van der Waals surface area contributed by atoms with Gasteiger partial charge in [-0.05, 0) is 30.3 Å². The largest absolute Gasteiger partial charge is 0.296 e. The zero-order chi connectivity index (χ0) is 19.5. The number of carbonyl (C=O) groups excluding carboxylic acids is 1. The summed E-state index contributed by atoms with van der Waals surface area (Å²) in [5.74, 6) is -1.00. The van der Waals surface area contributed by atoms with Gasteiger partial charge < -0.3 is 0 Å². The lowest BCUT2D eigenvalue weighted by Crippen LogP contribution is -2.17. The van der Waals surface area contributed by atoms with Crippen LogP contribution < -0.4 is 5.32 Å². The molecule has 0 fully saturated rings. The molecule has 4 aromatic rings. The lowest BCUT2D eigenvalue weighted by atomic mass is 10.2. The normalized spacial score (nSPS) is 10.4. The first-order valence-corrected chi connectivity index (χ1v) is 8.77. The van der Waals surface area contributed by atoms with E-state index in [0.29, 0.717) is 22.0 Å². The van der Waals surface area contributed by atoms with Crippen LogP contribution in [0.4, 0.5) is 9.52 Å². The zero-order valence-corrected chi connectivity index (χ0v) is 14.9. The van der Waals surface area contributed by atoms with Gasteiger partial charge >= 0.3 is 0 Å². The monoisotopic (exact) mass is 391 g/mol. The molecule has 28 heavy (non-hydrogen) atoms. The molecule has 0 spiro atoms. The third-order valence-corrected chi connectivity index (χ3v) is 4.57. The number of benzene rings is 1. The molecule has 1 N–H and O–H groups in total. The Morgan fingerprint density at radius 1 is 1.25 bits per heavy atom. The van der Waals surface area contributed by atoms with Gasteiger partial charge in [-0.3, -0.25) is 15.1 Å². The molecule has 3 heterocycles. The van der Waals surface area contributed by atoms with E-state index in [2.05, 4.69) is 31.7 Å². The molecule has 0 unspecified atom stereocenters. The number of pyridine rings is 1. The van der Waals surface area contributed by atoms with Gasteiger partial charge in [0, 0.05) is 6.20 Å². The third kappa shape index (κ3) is 3.34. The first kappa shape index (κ1) is 17.4. The Hall–Kier alpha value is -3.97. The number of nitriles is 1. The quantitative estimate of drug-likeness (QED) is 0.573. The van der Waals surface area contributed by atoms with Crippen molar-refractivity contribution in [3.63, 3.8) is 0 Å². The highest BCUT2D eigenvalue weighted by Crippen LogP contribution is 2.29. The molecule has 1 amide bonds. The van der Waals surface area contributed by atoms with Gasteiger partial charge in [0.05, 0.1) is 17.6 Å². The molecule has 0 saturated carbocycles. The summed E-state index contributed by atoms with van der Waals surface area (Å²) < 4.78 is 14.7. The van der Waals surface area contributed by atoms with Crippen molar-refractivity contribution in [1.82, 2.24) is 25.0 Å². The highest BCUT2D eigenvalue weighted by Gasteiger charge is 2.19. The second kappa shape index (κ2) is 7.34. The number of amides is 1. The van der Waals surface area contributed by atoms with Crippen LogP contribution >= 0.6 is 11.3 Å². The van der Waals surface area contributed by atoms with Crippen LogP contribution in [0.25, 0.3) is 17.1 Å². The Morgan fingerprint density at radius 2 is 2.14 bits per heavy atom. The Balaban J connectivity index is 1.63. The van der Waals surface area contributed by atoms with E-state index in [0.717, 1.165) is 11.3 Å². The molecule has 0 aliphatic carbocycles. The van der Waals surface area contributed by atoms with E-state index in [1.807, 2.05) is 0 Å². The molecular formula is C18H10FN7OS. The number of hydrogen-bond acceptors (Lipinski definition) is 7. The second-order valence-corrected chi connectivity index (χ2v) is 6.49. The molecule has 0 radical (unpaired) electrons. The van der Waals surface area contributed by atoms with Crippen LogP contribution in [0.3, 0.4) is 0 Å². The number of rotatable bonds is 4. The average molecular weight is 391 g/mol. The SMILES string of the molecule is N#Cc1sc(NC(=O)c2cnnn2-c2cccc(F)c2)nc1-c1ccccn1. The van der Waals surface area contributed by atoms with E-state index in [1.54, 1.807) is 30.5 Å². The minimum Gasteiger partial charge on any atom is -0.296 e. The molecule has 1 aromatic carbocycles. The van der Waals surface area contributed by atoms with Gasteiger partial charge in [-0.2, -0.15) is 5.26 Å². The van der Waals surface area contributed by atoms with Crippen LogP contribution in [-0.4, -0.2) is 30.9 Å². The summed E-state index contributed by atoms with van der Waals surface area (Å²) in [5.41, 5.74) is 1.37. The first-order valence-electron chi connectivity index (χ1n) is 7.96. The maximum Gasteiger partial charge on any atom is 0.277 e. The molecular weight excluding hydrogens is 381 g/mol. The van der Waals surface area contributed by atoms with Crippen molar-refractivity contribution in [3.8, 4) is 23.1 Å². The summed E-state index contributed by atoms with van der Waals surface area (Å²) in [5, 5.41) is 19.8. The van der Waals surface area contributed by atoms with Crippen molar-refractivity contribution in [3.05, 3.63) is 71.2 Å². The standard InChI is InChI=1S/C18H10FN7OS/c19-11-4-3-5-12(8-11)26-14(10-22-25-26)17(27)24-18-23-16(15(9-20)28-18)13-6-1-2-7-21-13/h1-8,10H,(H,23,24,27). The highest BCUT2D eigenvalue weighted by molar-refractivity contribution is 7.16. The number of thiazole rings is 1. The highest BCUT2D eigenvalue weighted by atomic mass is 32.1. The molecule has 10 heteroatoms. The predicted octanol–water partition coefficient (Wildman–Crippen LogP) is 3.05. The Morgan fingerprint density at radius 3 is 2.89 bits per heavy atom. The molecule has 8 nitrogen and oxygen atoms in total. The fraction of sp³-hybridized carbons (Fsp3) is 0. The van der Waals surface area contributed by atoms with Crippen molar-refractivity contribution >= 4 is 22.4 Å². The van der Waals surface area contributed by atoms with E-state index in [9.17, 15) is 14.4 Å². The maximum absolute atomic E-state index is 13.5. The summed E-state index contributed by atoms with van der Waals surface area (Å²) >= 11 is 1.03. The average Bonchev–Trinajstić information content (AvgIpc) is 3.35. The van der Waals surface area contributed by atoms with Gasteiger partial charge in [0.15, 0.2) is 10.8 Å². The van der Waals surface area contributed by atoms with Crippen molar-refractivity contribution < 1.29 is 9.18 Å². The topological polar surface area (TPSA) is 109 Å². The number of anilines is 1. The smallest absolute Gasteiger partial charge is 0.277 e. The summed E-state index contributed by atoms with van der Waals surface area (Å²) in [4.78, 5) is 21.5. The summed E-state index contributed by atoms with van der Waals surface area (Å²) in [6.07, 6.45) is 2.86. The van der Waals surface area contributed by atoms with Crippen LogP contribution in [0, 0.1) is 17.1 Å². The van der Waals surface area contributed by atoms with Crippen molar-refractivity contribution in [1.29, 1.82) is 5.26 Å². The van der Waals surface area contributed by atoms with Gasteiger partial charge in [0.25, 0.3) is 5.91 Å². The van der Waals surface area contributed by atoms with Gasteiger partial charge in [0.1, 0.15) is 22.5 Å². The molecule has 136 valence electrons. The van der Waals surface area contributed by atoms with Crippen LogP contribution in [0.2, 0.25) is 0 Å². The van der Waals surface area contributed by atoms with Crippen LogP contribution in [0.1, 0.15) is 15.4 Å². The Kier molecular flexibility index (Phi) is 4.57. The minimum atomic E-state index is -0.542. The lowest BCUT2D eigenvalue weighted by molar-refractivity contribution is 0.101. The summed E-state index contributed by atoms with van der Waals surface area (Å²) in [6, 6.07) is 13.0. The fourth-order valence-corrected chi connectivity index (χ4v) is 3.24. The number of halogens is 1. The van der Waals surface area contributed by atoms with E-state index < -0.39 is 11.7 Å². The van der Waals surface area contributed by atoms with Crippen molar-refractivity contribution in [2.45, 2.75) is 0 Å². The maximum atomic E-state index is 13.5. The lowest BCUT2D eigenvalue weighted by Gasteiger charge is -2.05. The fourth-order valence-electron chi connectivity index (χ4n) is 2.48. The molecule has 0 aliphatic rings. The molecule has 3 aromatic heterocycles. The third-order valence-electron chi connectivity index (χ3n) is 3.69.